The van der Waals surface area contributed by atoms with E-state index in [2.05, 4.69) is 0 Å². The molecule has 0 spiro atoms. The molecule has 0 saturated carbocycles. The number of amides is 1. The molecule has 0 aromatic rings. The number of nitrogens with zero attached hydrogens (tertiary/aromatic N) is 1. The van der Waals surface area contributed by atoms with Crippen LogP contribution in [0.4, 0.5) is 4.79 Å². The van der Waals surface area contributed by atoms with Crippen LogP contribution in [0.5, 0.6) is 0 Å². The second kappa shape index (κ2) is 6.30. The molecule has 0 aromatic heterocycles. The van der Waals surface area contributed by atoms with Crippen LogP contribution in [-0.4, -0.2) is 50.0 Å². The molecule has 1 fully saturated rings. The minimum absolute atomic E-state index is 0.270. The van der Waals surface area contributed by atoms with Gasteiger partial charge in [0.2, 0.25) is 0 Å². The number of likely N-dealkylation sites (tertiary alicyclic amines) is 1. The van der Waals surface area contributed by atoms with Crippen LogP contribution in [0.15, 0.2) is 0 Å². The van der Waals surface area contributed by atoms with E-state index in [9.17, 15) is 13.2 Å². The highest BCUT2D eigenvalue weighted by molar-refractivity contribution is 7.86. The summed E-state index contributed by atoms with van der Waals surface area (Å²) >= 11 is 0. The lowest BCUT2D eigenvalue weighted by molar-refractivity contribution is -0.00719. The molecule has 2 unspecified atom stereocenters. The second-order valence-electron chi connectivity index (χ2n) is 6.24. The van der Waals surface area contributed by atoms with Gasteiger partial charge in [-0.2, -0.15) is 8.42 Å². The van der Waals surface area contributed by atoms with E-state index in [-0.39, 0.29) is 6.04 Å². The largest absolute Gasteiger partial charge is 0.444 e. The van der Waals surface area contributed by atoms with E-state index in [4.69, 9.17) is 8.92 Å². The smallest absolute Gasteiger partial charge is 0.410 e. The third-order valence-corrected chi connectivity index (χ3v) is 3.70. The second-order valence-corrected chi connectivity index (χ2v) is 7.84. The van der Waals surface area contributed by atoms with Crippen molar-refractivity contribution < 1.29 is 22.1 Å². The summed E-state index contributed by atoms with van der Waals surface area (Å²) in [6.07, 6.45) is 2.59. The maximum atomic E-state index is 12.2. The Morgan fingerprint density at radius 3 is 2.40 bits per heavy atom. The van der Waals surface area contributed by atoms with Gasteiger partial charge in [-0.15, -0.1) is 0 Å². The minimum Gasteiger partial charge on any atom is -0.444 e. The molecule has 0 radical (unpaired) electrons. The van der Waals surface area contributed by atoms with Crippen LogP contribution in [0.2, 0.25) is 0 Å². The zero-order chi connectivity index (χ0) is 15.6. The molecule has 1 rings (SSSR count). The Kier molecular flexibility index (Phi) is 5.43. The molecule has 1 heterocycles. The van der Waals surface area contributed by atoms with Crippen molar-refractivity contribution in [3.63, 3.8) is 0 Å². The van der Waals surface area contributed by atoms with Crippen molar-refractivity contribution in [2.45, 2.75) is 64.7 Å². The normalized spacial score (nSPS) is 22.4. The van der Waals surface area contributed by atoms with Gasteiger partial charge in [-0.05, 0) is 47.0 Å². The Bertz CT molecular complexity index is 440. The number of piperidine rings is 1. The molecule has 0 bridgehead atoms. The predicted molar refractivity (Wildman–Crippen MR) is 76.0 cm³/mol. The minimum atomic E-state index is -3.54. The van der Waals surface area contributed by atoms with E-state index in [0.717, 1.165) is 25.5 Å². The van der Waals surface area contributed by atoms with Crippen molar-refractivity contribution in [3.8, 4) is 0 Å². The van der Waals surface area contributed by atoms with Crippen molar-refractivity contribution in [1.82, 2.24) is 4.90 Å². The molecule has 1 aliphatic heterocycles. The summed E-state index contributed by atoms with van der Waals surface area (Å²) in [7, 11) is -3.54. The number of ether oxygens (including phenoxy) is 1. The molecular weight excluding hydrogens is 282 g/mol. The molecule has 1 saturated heterocycles. The first-order valence-electron chi connectivity index (χ1n) is 6.87. The number of carbonyl (C=O) groups excluding carboxylic acids is 1. The zero-order valence-corrected chi connectivity index (χ0v) is 13.7. The molecule has 7 heteroatoms. The van der Waals surface area contributed by atoms with Gasteiger partial charge in [-0.3, -0.25) is 4.18 Å². The summed E-state index contributed by atoms with van der Waals surface area (Å²) in [5.74, 6) is 0. The third kappa shape index (κ3) is 5.66. The molecular formula is C13H25NO5S. The fourth-order valence-electron chi connectivity index (χ4n) is 2.33. The number of carbonyl (C=O) groups is 1. The molecule has 2 atom stereocenters. The van der Waals surface area contributed by atoms with Gasteiger partial charge >= 0.3 is 6.09 Å². The van der Waals surface area contributed by atoms with Crippen LogP contribution in [0.25, 0.3) is 0 Å². The Balaban J connectivity index is 2.78. The molecule has 1 aliphatic rings. The summed E-state index contributed by atoms with van der Waals surface area (Å²) in [6, 6.07) is -0.270. The van der Waals surface area contributed by atoms with E-state index >= 15 is 0 Å². The van der Waals surface area contributed by atoms with Gasteiger partial charge in [0, 0.05) is 6.54 Å². The lowest BCUT2D eigenvalue weighted by Crippen LogP contribution is -2.51. The summed E-state index contributed by atoms with van der Waals surface area (Å²) < 4.78 is 32.8. The van der Waals surface area contributed by atoms with Gasteiger partial charge in [0.15, 0.2) is 0 Å². The van der Waals surface area contributed by atoms with E-state index in [1.165, 1.54) is 0 Å². The van der Waals surface area contributed by atoms with Gasteiger partial charge in [0.1, 0.15) is 5.60 Å². The van der Waals surface area contributed by atoms with Crippen molar-refractivity contribution in [3.05, 3.63) is 0 Å². The molecule has 0 aromatic carbocycles. The highest BCUT2D eigenvalue weighted by Gasteiger charge is 2.35. The molecule has 1 amide bonds. The van der Waals surface area contributed by atoms with Gasteiger partial charge < -0.3 is 9.64 Å². The number of hydrogen-bond donors (Lipinski definition) is 0. The van der Waals surface area contributed by atoms with Crippen LogP contribution in [0.1, 0.15) is 47.0 Å². The van der Waals surface area contributed by atoms with E-state index in [0.29, 0.717) is 6.54 Å². The summed E-state index contributed by atoms with van der Waals surface area (Å²) in [5, 5.41) is 0. The van der Waals surface area contributed by atoms with Gasteiger partial charge in [0.05, 0.1) is 18.4 Å². The Hall–Kier alpha value is -0.820. The van der Waals surface area contributed by atoms with Crippen molar-refractivity contribution in [2.24, 2.45) is 0 Å². The zero-order valence-electron chi connectivity index (χ0n) is 12.9. The molecule has 6 nitrogen and oxygen atoms in total. The quantitative estimate of drug-likeness (QED) is 0.747. The summed E-state index contributed by atoms with van der Waals surface area (Å²) in [5.41, 5.74) is -0.569. The first-order chi connectivity index (χ1) is 8.99. The SMILES string of the molecule is CC(OS(C)(=O)=O)C1CCCCN1C(=O)OC(C)(C)C. The standard InChI is InChI=1S/C13H25NO5S/c1-10(19-20(5,16)17)11-8-6-7-9-14(11)12(15)18-13(2,3)4/h10-11H,6-9H2,1-5H3. The molecule has 20 heavy (non-hydrogen) atoms. The van der Waals surface area contributed by atoms with Gasteiger partial charge in [-0.1, -0.05) is 0 Å². The fourth-order valence-corrected chi connectivity index (χ4v) is 3.01. The predicted octanol–water partition coefficient (Wildman–Crippen LogP) is 2.14. The van der Waals surface area contributed by atoms with Crippen LogP contribution in [0, 0.1) is 0 Å². The van der Waals surface area contributed by atoms with Gasteiger partial charge in [0.25, 0.3) is 10.1 Å². The molecule has 0 N–H and O–H groups in total. The monoisotopic (exact) mass is 307 g/mol. The Labute approximate surface area is 121 Å². The summed E-state index contributed by atoms with van der Waals surface area (Å²) in [4.78, 5) is 13.8. The third-order valence-electron chi connectivity index (χ3n) is 3.05. The van der Waals surface area contributed by atoms with E-state index in [1.807, 2.05) is 0 Å². The van der Waals surface area contributed by atoms with Crippen molar-refractivity contribution >= 4 is 16.2 Å². The van der Waals surface area contributed by atoms with Gasteiger partial charge in [-0.25, -0.2) is 4.79 Å². The lowest BCUT2D eigenvalue weighted by atomic mass is 9.99. The van der Waals surface area contributed by atoms with Crippen molar-refractivity contribution in [1.29, 1.82) is 0 Å². The maximum absolute atomic E-state index is 12.2. The molecule has 118 valence electrons. The highest BCUT2D eigenvalue weighted by atomic mass is 32.2. The van der Waals surface area contributed by atoms with Crippen LogP contribution < -0.4 is 0 Å². The first kappa shape index (κ1) is 17.2. The number of hydrogen-bond acceptors (Lipinski definition) is 5. The fraction of sp³-hybridized carbons (Fsp3) is 0.923. The topological polar surface area (TPSA) is 72.9 Å². The Morgan fingerprint density at radius 2 is 1.90 bits per heavy atom. The average Bonchev–Trinajstić information content (AvgIpc) is 2.24. The highest BCUT2D eigenvalue weighted by Crippen LogP contribution is 2.24. The van der Waals surface area contributed by atoms with Crippen molar-refractivity contribution in [2.75, 3.05) is 12.8 Å². The van der Waals surface area contributed by atoms with E-state index < -0.39 is 27.9 Å². The number of rotatable bonds is 3. The lowest BCUT2D eigenvalue weighted by Gasteiger charge is -2.39. The summed E-state index contributed by atoms with van der Waals surface area (Å²) in [6.45, 7) is 7.66. The van der Waals surface area contributed by atoms with Crippen LogP contribution in [0.3, 0.4) is 0 Å². The van der Waals surface area contributed by atoms with E-state index in [1.54, 1.807) is 32.6 Å². The average molecular weight is 307 g/mol. The molecule has 0 aliphatic carbocycles. The Morgan fingerprint density at radius 1 is 1.30 bits per heavy atom. The first-order valence-corrected chi connectivity index (χ1v) is 8.69. The maximum Gasteiger partial charge on any atom is 0.410 e. The van der Waals surface area contributed by atoms with Crippen LogP contribution in [-0.2, 0) is 19.0 Å². The van der Waals surface area contributed by atoms with Crippen LogP contribution >= 0.6 is 0 Å².